The minimum atomic E-state index is 0.00478. The SMILES string of the molecule is CC(C)(C)C1CCC(C(=O)NNC(N)=S)CC1. The van der Waals surface area contributed by atoms with Crippen LogP contribution in [0.3, 0.4) is 0 Å². The van der Waals surface area contributed by atoms with Crippen molar-refractivity contribution in [3.63, 3.8) is 0 Å². The lowest BCUT2D eigenvalue weighted by Gasteiger charge is -2.36. The third kappa shape index (κ3) is 4.50. The first-order valence-electron chi connectivity index (χ1n) is 6.16. The minimum absolute atomic E-state index is 0.00478. The molecular weight excluding hydrogens is 234 g/mol. The highest BCUT2D eigenvalue weighted by Crippen LogP contribution is 2.39. The maximum absolute atomic E-state index is 11.8. The topological polar surface area (TPSA) is 67.2 Å². The number of rotatable bonds is 1. The molecule has 1 aliphatic carbocycles. The molecule has 5 heteroatoms. The quantitative estimate of drug-likeness (QED) is 0.494. The van der Waals surface area contributed by atoms with Crippen molar-refractivity contribution < 1.29 is 4.79 Å². The summed E-state index contributed by atoms with van der Waals surface area (Å²) in [6, 6.07) is 0. The summed E-state index contributed by atoms with van der Waals surface area (Å²) in [5.41, 5.74) is 10.6. The smallest absolute Gasteiger partial charge is 0.241 e. The van der Waals surface area contributed by atoms with Gasteiger partial charge in [0.05, 0.1) is 0 Å². The average Bonchev–Trinajstić information content (AvgIpc) is 2.25. The number of nitrogens with one attached hydrogen (secondary N) is 2. The van der Waals surface area contributed by atoms with Crippen molar-refractivity contribution in [2.24, 2.45) is 23.0 Å². The highest BCUT2D eigenvalue weighted by atomic mass is 32.1. The van der Waals surface area contributed by atoms with Crippen molar-refractivity contribution >= 4 is 23.2 Å². The number of hydrogen-bond donors (Lipinski definition) is 3. The van der Waals surface area contributed by atoms with Gasteiger partial charge in [0.15, 0.2) is 5.11 Å². The molecule has 1 amide bonds. The van der Waals surface area contributed by atoms with Crippen LogP contribution in [0.5, 0.6) is 0 Å². The van der Waals surface area contributed by atoms with Crippen LogP contribution < -0.4 is 16.6 Å². The monoisotopic (exact) mass is 257 g/mol. The Kier molecular flexibility index (Phi) is 4.74. The predicted octanol–water partition coefficient (Wildman–Crippen LogP) is 1.70. The normalized spacial score (nSPS) is 25.1. The molecule has 0 aromatic carbocycles. The standard InChI is InChI=1S/C12H23N3OS/c1-12(2,3)9-6-4-8(5-7-9)10(16)14-15-11(13)17/h8-9H,4-7H2,1-3H3,(H,14,16)(H3,13,15,17). The van der Waals surface area contributed by atoms with Crippen molar-refractivity contribution in [3.05, 3.63) is 0 Å². The van der Waals surface area contributed by atoms with Gasteiger partial charge < -0.3 is 5.73 Å². The maximum Gasteiger partial charge on any atom is 0.241 e. The van der Waals surface area contributed by atoms with Crippen molar-refractivity contribution in [3.8, 4) is 0 Å². The van der Waals surface area contributed by atoms with Crippen LogP contribution in [0.25, 0.3) is 0 Å². The van der Waals surface area contributed by atoms with Crippen LogP contribution in [-0.4, -0.2) is 11.0 Å². The summed E-state index contributed by atoms with van der Waals surface area (Å²) in [4.78, 5) is 11.8. The van der Waals surface area contributed by atoms with Gasteiger partial charge in [-0.25, -0.2) is 0 Å². The van der Waals surface area contributed by atoms with Crippen LogP contribution in [0.2, 0.25) is 0 Å². The predicted molar refractivity (Wildman–Crippen MR) is 73.0 cm³/mol. The summed E-state index contributed by atoms with van der Waals surface area (Å²) >= 11 is 4.63. The number of hydrazine groups is 1. The molecule has 0 unspecified atom stereocenters. The van der Waals surface area contributed by atoms with Crippen LogP contribution >= 0.6 is 12.2 Å². The van der Waals surface area contributed by atoms with E-state index in [1.54, 1.807) is 0 Å². The van der Waals surface area contributed by atoms with Gasteiger partial charge >= 0.3 is 0 Å². The Bertz CT molecular complexity index is 291. The largest absolute Gasteiger partial charge is 0.375 e. The molecule has 0 heterocycles. The molecule has 0 radical (unpaired) electrons. The molecule has 0 bridgehead atoms. The Balaban J connectivity index is 2.36. The zero-order valence-corrected chi connectivity index (χ0v) is 11.7. The number of amides is 1. The highest BCUT2D eigenvalue weighted by molar-refractivity contribution is 7.80. The summed E-state index contributed by atoms with van der Waals surface area (Å²) in [5.74, 6) is 0.815. The van der Waals surface area contributed by atoms with Crippen LogP contribution in [0, 0.1) is 17.3 Å². The van der Waals surface area contributed by atoms with Gasteiger partial charge in [-0.05, 0) is 49.2 Å². The molecule has 1 saturated carbocycles. The van der Waals surface area contributed by atoms with E-state index >= 15 is 0 Å². The summed E-state index contributed by atoms with van der Waals surface area (Å²) in [5, 5.41) is 0.0988. The van der Waals surface area contributed by atoms with E-state index in [1.807, 2.05) is 0 Å². The molecule has 0 aromatic rings. The fourth-order valence-corrected chi connectivity index (χ4v) is 2.50. The second kappa shape index (κ2) is 5.67. The lowest BCUT2D eigenvalue weighted by molar-refractivity contribution is -0.127. The third-order valence-corrected chi connectivity index (χ3v) is 3.73. The number of thiocarbonyl (C=S) groups is 1. The highest BCUT2D eigenvalue weighted by Gasteiger charge is 2.32. The maximum atomic E-state index is 11.8. The lowest BCUT2D eigenvalue weighted by Crippen LogP contribution is -2.47. The minimum Gasteiger partial charge on any atom is -0.375 e. The second-order valence-electron chi connectivity index (χ2n) is 5.89. The Hall–Kier alpha value is -0.840. The van der Waals surface area contributed by atoms with Crippen molar-refractivity contribution in [1.82, 2.24) is 10.9 Å². The van der Waals surface area contributed by atoms with Crippen LogP contribution in [0.1, 0.15) is 46.5 Å². The van der Waals surface area contributed by atoms with Crippen LogP contribution in [0.15, 0.2) is 0 Å². The summed E-state index contributed by atoms with van der Waals surface area (Å²) in [6.07, 6.45) is 4.14. The summed E-state index contributed by atoms with van der Waals surface area (Å²) in [7, 11) is 0. The van der Waals surface area contributed by atoms with E-state index in [-0.39, 0.29) is 16.9 Å². The molecule has 0 spiro atoms. The molecule has 0 aliphatic heterocycles. The van der Waals surface area contributed by atoms with E-state index < -0.39 is 0 Å². The van der Waals surface area contributed by atoms with Crippen molar-refractivity contribution in [2.75, 3.05) is 0 Å². The Morgan fingerprint density at radius 1 is 1.18 bits per heavy atom. The van der Waals surface area contributed by atoms with E-state index in [1.165, 1.54) is 0 Å². The first-order chi connectivity index (χ1) is 7.80. The number of nitrogens with two attached hydrogens (primary N) is 1. The number of carbonyl (C=O) groups is 1. The lowest BCUT2D eigenvalue weighted by atomic mass is 9.70. The van der Waals surface area contributed by atoms with Gasteiger partial charge in [0, 0.05) is 5.92 Å². The number of hydrogen-bond acceptors (Lipinski definition) is 2. The third-order valence-electron chi connectivity index (χ3n) is 3.63. The second-order valence-corrected chi connectivity index (χ2v) is 6.33. The molecule has 1 rings (SSSR count). The first kappa shape index (κ1) is 14.2. The summed E-state index contributed by atoms with van der Waals surface area (Å²) in [6.45, 7) is 6.81. The van der Waals surface area contributed by atoms with E-state index in [2.05, 4.69) is 43.8 Å². The molecule has 0 saturated heterocycles. The molecular formula is C12H23N3OS. The molecule has 4 N–H and O–H groups in total. The summed E-state index contributed by atoms with van der Waals surface area (Å²) < 4.78 is 0. The zero-order chi connectivity index (χ0) is 13.1. The van der Waals surface area contributed by atoms with Gasteiger partial charge in [-0.3, -0.25) is 15.6 Å². The fraction of sp³-hybridized carbons (Fsp3) is 0.833. The average molecular weight is 257 g/mol. The van der Waals surface area contributed by atoms with Gasteiger partial charge in [-0.2, -0.15) is 0 Å². The Morgan fingerprint density at radius 3 is 2.12 bits per heavy atom. The molecule has 0 atom stereocenters. The first-order valence-corrected chi connectivity index (χ1v) is 6.57. The molecule has 17 heavy (non-hydrogen) atoms. The van der Waals surface area contributed by atoms with Gasteiger partial charge in [0.1, 0.15) is 0 Å². The van der Waals surface area contributed by atoms with Gasteiger partial charge in [0.2, 0.25) is 5.91 Å². The van der Waals surface area contributed by atoms with Crippen LogP contribution in [0.4, 0.5) is 0 Å². The van der Waals surface area contributed by atoms with E-state index in [0.717, 1.165) is 31.6 Å². The Morgan fingerprint density at radius 2 is 1.71 bits per heavy atom. The molecule has 0 aromatic heterocycles. The van der Waals surface area contributed by atoms with E-state index in [9.17, 15) is 4.79 Å². The molecule has 1 fully saturated rings. The van der Waals surface area contributed by atoms with Crippen LogP contribution in [-0.2, 0) is 4.79 Å². The van der Waals surface area contributed by atoms with E-state index in [4.69, 9.17) is 5.73 Å². The fourth-order valence-electron chi connectivity index (χ4n) is 2.45. The molecule has 98 valence electrons. The molecule has 1 aliphatic rings. The zero-order valence-electron chi connectivity index (χ0n) is 10.9. The Labute approximate surface area is 109 Å². The van der Waals surface area contributed by atoms with Gasteiger partial charge in [-0.1, -0.05) is 20.8 Å². The van der Waals surface area contributed by atoms with Gasteiger partial charge in [-0.15, -0.1) is 0 Å². The molecule has 4 nitrogen and oxygen atoms in total. The van der Waals surface area contributed by atoms with E-state index in [0.29, 0.717) is 5.41 Å². The van der Waals surface area contributed by atoms with Crippen molar-refractivity contribution in [2.45, 2.75) is 46.5 Å². The van der Waals surface area contributed by atoms with Gasteiger partial charge in [0.25, 0.3) is 0 Å². The van der Waals surface area contributed by atoms with Crippen molar-refractivity contribution in [1.29, 1.82) is 0 Å². The number of carbonyl (C=O) groups excluding carboxylic acids is 1.